The first-order valence-electron chi connectivity index (χ1n) is 8.44. The number of para-hydroxylation sites is 1. The number of ether oxygens (including phenoxy) is 2. The highest BCUT2D eigenvalue weighted by Gasteiger charge is 2.17. The molecule has 4 rings (SSSR count). The average molecular weight is 407 g/mol. The minimum Gasteiger partial charge on any atom is -0.495 e. The largest absolute Gasteiger partial charge is 0.495 e. The number of halogens is 2. The lowest BCUT2D eigenvalue weighted by molar-refractivity contribution is 0.122. The van der Waals surface area contributed by atoms with Crippen molar-refractivity contribution in [2.24, 2.45) is 0 Å². The fourth-order valence-corrected chi connectivity index (χ4v) is 3.20. The predicted molar refractivity (Wildman–Crippen MR) is 111 cm³/mol. The van der Waals surface area contributed by atoms with Gasteiger partial charge in [-0.2, -0.15) is 4.98 Å². The number of nitrogens with zero attached hydrogens (tertiary/aromatic N) is 3. The van der Waals surface area contributed by atoms with E-state index in [1.165, 1.54) is 0 Å². The van der Waals surface area contributed by atoms with Crippen LogP contribution in [-0.4, -0.2) is 43.4 Å². The van der Waals surface area contributed by atoms with E-state index in [2.05, 4.69) is 15.2 Å². The molecule has 1 aromatic heterocycles. The molecule has 0 aliphatic carbocycles. The Bertz CT molecular complexity index is 933. The van der Waals surface area contributed by atoms with E-state index in [0.29, 0.717) is 29.9 Å². The standard InChI is InChI=1S/C19H19ClN4O2.ClH/c1-25-17-7-6-13(20)12-16(17)22-19-21-15-5-3-2-4-14(15)18(23-19)24-8-10-26-11-9-24;/h2-7,12H,8-11H2,1H3,(H,21,22,23);1H. The van der Waals surface area contributed by atoms with Crippen LogP contribution in [0.15, 0.2) is 42.5 Å². The van der Waals surface area contributed by atoms with Crippen LogP contribution in [0, 0.1) is 0 Å². The van der Waals surface area contributed by atoms with Crippen LogP contribution in [0.5, 0.6) is 5.75 Å². The number of morpholine rings is 1. The van der Waals surface area contributed by atoms with Crippen molar-refractivity contribution in [2.75, 3.05) is 43.6 Å². The monoisotopic (exact) mass is 406 g/mol. The Balaban J connectivity index is 0.00000210. The first kappa shape index (κ1) is 19.5. The van der Waals surface area contributed by atoms with Crippen LogP contribution in [-0.2, 0) is 4.74 Å². The van der Waals surface area contributed by atoms with E-state index in [9.17, 15) is 0 Å². The van der Waals surface area contributed by atoms with Crippen LogP contribution < -0.4 is 15.0 Å². The van der Waals surface area contributed by atoms with Crippen molar-refractivity contribution >= 4 is 52.4 Å². The van der Waals surface area contributed by atoms with E-state index in [1.807, 2.05) is 30.3 Å². The van der Waals surface area contributed by atoms with Crippen molar-refractivity contribution in [1.82, 2.24) is 9.97 Å². The number of hydrogen-bond acceptors (Lipinski definition) is 6. The van der Waals surface area contributed by atoms with Gasteiger partial charge in [-0.05, 0) is 30.3 Å². The molecule has 1 aliphatic heterocycles. The van der Waals surface area contributed by atoms with Gasteiger partial charge in [0.05, 0.1) is 31.5 Å². The number of fused-ring (bicyclic) bond motifs is 1. The number of aromatic nitrogens is 2. The number of anilines is 3. The molecule has 0 atom stereocenters. The lowest BCUT2D eigenvalue weighted by Crippen LogP contribution is -2.37. The third kappa shape index (κ3) is 4.18. The second-order valence-corrected chi connectivity index (χ2v) is 6.39. The highest BCUT2D eigenvalue weighted by Crippen LogP contribution is 2.32. The Hall–Kier alpha value is -2.28. The second-order valence-electron chi connectivity index (χ2n) is 5.96. The maximum Gasteiger partial charge on any atom is 0.229 e. The van der Waals surface area contributed by atoms with E-state index in [4.69, 9.17) is 26.1 Å². The second kappa shape index (κ2) is 8.61. The Kier molecular flexibility index (Phi) is 6.21. The molecule has 3 aromatic rings. The molecule has 1 aliphatic rings. The topological polar surface area (TPSA) is 59.5 Å². The fraction of sp³-hybridized carbons (Fsp3) is 0.263. The molecule has 142 valence electrons. The van der Waals surface area contributed by atoms with Gasteiger partial charge in [-0.25, -0.2) is 4.98 Å². The molecule has 0 spiro atoms. The van der Waals surface area contributed by atoms with Gasteiger partial charge < -0.3 is 19.7 Å². The molecule has 6 nitrogen and oxygen atoms in total. The van der Waals surface area contributed by atoms with Crippen LogP contribution in [0.25, 0.3) is 10.9 Å². The van der Waals surface area contributed by atoms with E-state index in [0.717, 1.165) is 35.5 Å². The number of benzene rings is 2. The van der Waals surface area contributed by atoms with Crippen molar-refractivity contribution < 1.29 is 9.47 Å². The molecule has 0 bridgehead atoms. The van der Waals surface area contributed by atoms with Crippen LogP contribution in [0.1, 0.15) is 0 Å². The van der Waals surface area contributed by atoms with Gasteiger partial charge in [0, 0.05) is 23.5 Å². The Morgan fingerprint density at radius 3 is 2.67 bits per heavy atom. The summed E-state index contributed by atoms with van der Waals surface area (Å²) in [6.45, 7) is 3.01. The van der Waals surface area contributed by atoms with Gasteiger partial charge in [-0.1, -0.05) is 23.7 Å². The zero-order valence-electron chi connectivity index (χ0n) is 14.8. The molecule has 0 saturated carbocycles. The minimum absolute atomic E-state index is 0. The van der Waals surface area contributed by atoms with E-state index in [1.54, 1.807) is 19.2 Å². The summed E-state index contributed by atoms with van der Waals surface area (Å²) in [6.07, 6.45) is 0. The maximum absolute atomic E-state index is 6.13. The maximum atomic E-state index is 6.13. The van der Waals surface area contributed by atoms with Gasteiger partial charge in [-0.3, -0.25) is 0 Å². The molecule has 0 radical (unpaired) electrons. The van der Waals surface area contributed by atoms with Crippen molar-refractivity contribution in [3.05, 3.63) is 47.5 Å². The molecule has 8 heteroatoms. The fourth-order valence-electron chi connectivity index (χ4n) is 3.03. The summed E-state index contributed by atoms with van der Waals surface area (Å²) >= 11 is 6.13. The molecule has 0 amide bonds. The molecular weight excluding hydrogens is 387 g/mol. The summed E-state index contributed by atoms with van der Waals surface area (Å²) in [4.78, 5) is 11.7. The molecule has 1 fully saturated rings. The summed E-state index contributed by atoms with van der Waals surface area (Å²) in [5.74, 6) is 2.09. The van der Waals surface area contributed by atoms with Gasteiger partial charge in [0.25, 0.3) is 0 Å². The van der Waals surface area contributed by atoms with E-state index >= 15 is 0 Å². The predicted octanol–water partition coefficient (Wildman–Crippen LogP) is 4.29. The smallest absolute Gasteiger partial charge is 0.229 e. The summed E-state index contributed by atoms with van der Waals surface area (Å²) in [6, 6.07) is 13.4. The summed E-state index contributed by atoms with van der Waals surface area (Å²) in [7, 11) is 1.62. The van der Waals surface area contributed by atoms with Crippen molar-refractivity contribution in [1.29, 1.82) is 0 Å². The zero-order valence-corrected chi connectivity index (χ0v) is 16.4. The van der Waals surface area contributed by atoms with Crippen LogP contribution in [0.4, 0.5) is 17.5 Å². The van der Waals surface area contributed by atoms with E-state index in [-0.39, 0.29) is 12.4 Å². The molecule has 2 heterocycles. The van der Waals surface area contributed by atoms with E-state index < -0.39 is 0 Å². The van der Waals surface area contributed by atoms with Gasteiger partial charge in [0.1, 0.15) is 11.6 Å². The zero-order chi connectivity index (χ0) is 17.9. The van der Waals surface area contributed by atoms with Crippen LogP contribution >= 0.6 is 24.0 Å². The van der Waals surface area contributed by atoms with Crippen molar-refractivity contribution in [3.8, 4) is 5.75 Å². The lowest BCUT2D eigenvalue weighted by atomic mass is 10.2. The minimum atomic E-state index is 0. The third-order valence-electron chi connectivity index (χ3n) is 4.30. The molecule has 0 unspecified atom stereocenters. The van der Waals surface area contributed by atoms with Gasteiger partial charge in [-0.15, -0.1) is 12.4 Å². The van der Waals surface area contributed by atoms with Crippen molar-refractivity contribution in [3.63, 3.8) is 0 Å². The lowest BCUT2D eigenvalue weighted by Gasteiger charge is -2.29. The SMILES string of the molecule is COc1ccc(Cl)cc1Nc1nc(N2CCOCC2)c2ccccc2n1.Cl. The Morgan fingerprint density at radius 2 is 1.89 bits per heavy atom. The van der Waals surface area contributed by atoms with Crippen molar-refractivity contribution in [2.45, 2.75) is 0 Å². The third-order valence-corrected chi connectivity index (χ3v) is 4.54. The Labute approximate surface area is 168 Å². The molecule has 27 heavy (non-hydrogen) atoms. The van der Waals surface area contributed by atoms with Gasteiger partial charge >= 0.3 is 0 Å². The summed E-state index contributed by atoms with van der Waals surface area (Å²) in [5.41, 5.74) is 1.61. The molecule has 1 saturated heterocycles. The first-order valence-corrected chi connectivity index (χ1v) is 8.82. The number of hydrogen-bond donors (Lipinski definition) is 1. The number of methoxy groups -OCH3 is 1. The highest BCUT2D eigenvalue weighted by atomic mass is 35.5. The quantitative estimate of drug-likeness (QED) is 0.696. The molecular formula is C19H20Cl2N4O2. The van der Waals surface area contributed by atoms with Gasteiger partial charge in [0.2, 0.25) is 5.95 Å². The summed E-state index contributed by atoms with van der Waals surface area (Å²) in [5, 5.41) is 4.89. The van der Waals surface area contributed by atoms with Crippen LogP contribution in [0.3, 0.4) is 0 Å². The highest BCUT2D eigenvalue weighted by molar-refractivity contribution is 6.31. The average Bonchev–Trinajstić information content (AvgIpc) is 2.68. The first-order chi connectivity index (χ1) is 12.7. The van der Waals surface area contributed by atoms with Crippen LogP contribution in [0.2, 0.25) is 5.02 Å². The molecule has 1 N–H and O–H groups in total. The normalized spacial score (nSPS) is 13.9. The Morgan fingerprint density at radius 1 is 1.11 bits per heavy atom. The summed E-state index contributed by atoms with van der Waals surface area (Å²) < 4.78 is 10.9. The number of rotatable bonds is 4. The number of nitrogens with one attached hydrogen (secondary N) is 1. The van der Waals surface area contributed by atoms with Gasteiger partial charge in [0.15, 0.2) is 0 Å². The molecule has 2 aromatic carbocycles.